The van der Waals surface area contributed by atoms with Gasteiger partial charge in [0.25, 0.3) is 17.9 Å². The molecule has 2 aliphatic rings. The molecule has 238 valence electrons. The predicted octanol–water partition coefficient (Wildman–Crippen LogP) is -0.528. The number of carboxylic acid groups (broad SMARTS) is 1. The number of amidine groups is 1. The number of ether oxygens (including phenoxy) is 1. The van der Waals surface area contributed by atoms with Crippen LogP contribution in [0.2, 0.25) is 0 Å². The van der Waals surface area contributed by atoms with Crippen LogP contribution in [-0.4, -0.2) is 101 Å². The second-order valence-corrected chi connectivity index (χ2v) is 12.5. The van der Waals surface area contributed by atoms with Crippen molar-refractivity contribution >= 4 is 56.1 Å². The molecule has 2 aromatic rings. The largest absolute Gasteiger partial charge is 0.489 e. The van der Waals surface area contributed by atoms with Crippen molar-refractivity contribution in [1.82, 2.24) is 25.2 Å². The molecule has 17 nitrogen and oxygen atoms in total. The van der Waals surface area contributed by atoms with Crippen LogP contribution in [-0.2, 0) is 29.5 Å². The number of hydrogen-bond donors (Lipinski definition) is 7. The number of aryl methyl sites for hydroxylation is 1. The molecule has 1 aromatic carbocycles. The first-order valence-corrected chi connectivity index (χ1v) is 15.6. The van der Waals surface area contributed by atoms with E-state index < -0.39 is 58.6 Å². The molecule has 0 radical (unpaired) electrons. The molecule has 0 aliphatic carbocycles. The summed E-state index contributed by atoms with van der Waals surface area (Å²) in [6.45, 7) is 4.11. The monoisotopic (exact) mass is 652 g/mol. The maximum atomic E-state index is 13.1. The van der Waals surface area contributed by atoms with Gasteiger partial charge in [0.15, 0.2) is 10.8 Å². The average molecular weight is 653 g/mol. The number of carboxylic acids is 1. The number of piperidine rings is 1. The predicted molar refractivity (Wildman–Crippen MR) is 158 cm³/mol. The van der Waals surface area contributed by atoms with E-state index in [0.717, 1.165) is 37.3 Å². The van der Waals surface area contributed by atoms with Crippen LogP contribution in [0.4, 0.5) is 5.13 Å². The first-order valence-electron chi connectivity index (χ1n) is 13.4. The molecule has 44 heavy (non-hydrogen) atoms. The van der Waals surface area contributed by atoms with Gasteiger partial charge in [-0.1, -0.05) is 5.16 Å². The highest BCUT2D eigenvalue weighted by molar-refractivity contribution is 7.84. The standard InChI is InChI=1S/C25H32N8O9S2/c1-12-18(23(35)33(12)44(38,39)40)30-22(34)20(19-13(2)43-25(27)31-19)32-42-17(24(36)37)11-41-16-5-3-14(4-6-16)21(26)29-15-7-9-28-10-8-15/h3-6,12,15,17-18,28H,7-11H2,1-2H3,(H2,26,29)(H2,27,31)(H,30,34)(H,36,37)(H,38,39,40)/t12-,17?,18-/m0/s1. The van der Waals surface area contributed by atoms with E-state index in [1.54, 1.807) is 31.2 Å². The second kappa shape index (κ2) is 13.5. The fraction of sp³-hybridized carbons (Fsp3) is 0.440. The zero-order valence-electron chi connectivity index (χ0n) is 23.6. The number of carbonyl (C=O) groups excluding carboxylic acids is 2. The Labute approximate surface area is 256 Å². The molecule has 0 bridgehead atoms. The van der Waals surface area contributed by atoms with E-state index in [2.05, 4.69) is 26.1 Å². The maximum Gasteiger partial charge on any atom is 0.362 e. The highest BCUT2D eigenvalue weighted by Gasteiger charge is 2.51. The van der Waals surface area contributed by atoms with Gasteiger partial charge in [-0.25, -0.2) is 14.1 Å². The van der Waals surface area contributed by atoms with Gasteiger partial charge in [0.2, 0.25) is 0 Å². The van der Waals surface area contributed by atoms with Crippen LogP contribution in [0, 0.1) is 12.3 Å². The highest BCUT2D eigenvalue weighted by Crippen LogP contribution is 2.24. The smallest absolute Gasteiger partial charge is 0.362 e. The number of aromatic nitrogens is 1. The third-order valence-corrected chi connectivity index (χ3v) is 8.71. The lowest BCUT2D eigenvalue weighted by Crippen LogP contribution is -2.71. The third kappa shape index (κ3) is 7.59. The number of hydrogen-bond acceptors (Lipinski definition) is 13. The Kier molecular flexibility index (Phi) is 10.0. The van der Waals surface area contributed by atoms with Crippen molar-refractivity contribution in [2.75, 3.05) is 25.4 Å². The van der Waals surface area contributed by atoms with Crippen molar-refractivity contribution in [3.63, 3.8) is 0 Å². The molecular formula is C25H32N8O9S2. The van der Waals surface area contributed by atoms with E-state index in [9.17, 15) is 32.5 Å². The molecule has 2 amide bonds. The minimum absolute atomic E-state index is 0.0442. The molecule has 3 heterocycles. The lowest BCUT2D eigenvalue weighted by molar-refractivity contribution is -0.152. The Morgan fingerprint density at radius 3 is 2.48 bits per heavy atom. The number of nitrogens with zero attached hydrogens (tertiary/aromatic N) is 3. The fourth-order valence-corrected chi connectivity index (χ4v) is 6.12. The van der Waals surface area contributed by atoms with Crippen molar-refractivity contribution in [2.45, 2.75) is 50.9 Å². The van der Waals surface area contributed by atoms with Crippen LogP contribution >= 0.6 is 11.3 Å². The van der Waals surface area contributed by atoms with Crippen LogP contribution in [0.25, 0.3) is 0 Å². The van der Waals surface area contributed by atoms with Crippen LogP contribution in [0.1, 0.15) is 35.9 Å². The van der Waals surface area contributed by atoms with E-state index in [-0.39, 0.29) is 27.0 Å². The normalized spacial score (nSPS) is 19.9. The summed E-state index contributed by atoms with van der Waals surface area (Å²) in [6.07, 6.45) is 0.130. The number of anilines is 1. The number of β-lactam (4-membered cyclic amide) rings is 1. The van der Waals surface area contributed by atoms with Crippen LogP contribution < -0.4 is 26.4 Å². The average Bonchev–Trinajstić information content (AvgIpc) is 3.30. The molecule has 0 spiro atoms. The third-order valence-electron chi connectivity index (χ3n) is 6.90. The molecule has 1 aromatic heterocycles. The molecule has 4 rings (SSSR count). The van der Waals surface area contributed by atoms with Gasteiger partial charge in [-0.15, -0.1) is 11.3 Å². The van der Waals surface area contributed by atoms with Crippen LogP contribution in [0.15, 0.2) is 29.4 Å². The second-order valence-electron chi connectivity index (χ2n) is 10.0. The van der Waals surface area contributed by atoms with Crippen molar-refractivity contribution in [1.29, 1.82) is 5.41 Å². The fourth-order valence-electron chi connectivity index (χ4n) is 4.55. The van der Waals surface area contributed by atoms with E-state index >= 15 is 0 Å². The van der Waals surface area contributed by atoms with Gasteiger partial charge in [-0.3, -0.25) is 19.6 Å². The van der Waals surface area contributed by atoms with Crippen molar-refractivity contribution in [3.8, 4) is 5.75 Å². The van der Waals surface area contributed by atoms with E-state index in [1.807, 2.05) is 0 Å². The maximum absolute atomic E-state index is 13.1. The molecule has 0 saturated carbocycles. The number of aliphatic carboxylic acids is 1. The van der Waals surface area contributed by atoms with Gasteiger partial charge >= 0.3 is 16.3 Å². The number of carbonyl (C=O) groups is 3. The first-order chi connectivity index (χ1) is 20.8. The topological polar surface area (TPSA) is 259 Å². The van der Waals surface area contributed by atoms with Gasteiger partial charge in [0, 0.05) is 16.5 Å². The Morgan fingerprint density at radius 2 is 1.93 bits per heavy atom. The Bertz CT molecular complexity index is 1560. The summed E-state index contributed by atoms with van der Waals surface area (Å²) in [7, 11) is -4.83. The van der Waals surface area contributed by atoms with E-state index in [0.29, 0.717) is 16.2 Å². The van der Waals surface area contributed by atoms with Crippen molar-refractivity contribution < 1.29 is 42.0 Å². The molecule has 8 N–H and O–H groups in total. The molecule has 3 atom stereocenters. The number of oxime groups is 1. The lowest BCUT2D eigenvalue weighted by atomic mass is 10.0. The summed E-state index contributed by atoms with van der Waals surface area (Å²) in [5.74, 6) is -3.01. The zero-order chi connectivity index (χ0) is 32.2. The molecule has 2 saturated heterocycles. The summed E-state index contributed by atoms with van der Waals surface area (Å²) >= 11 is 1.02. The number of nitrogens with two attached hydrogens (primary N) is 1. The molecule has 19 heteroatoms. The van der Waals surface area contributed by atoms with Crippen LogP contribution in [0.5, 0.6) is 5.75 Å². The number of thiazole rings is 1. The number of benzene rings is 1. The Balaban J connectivity index is 1.43. The minimum Gasteiger partial charge on any atom is -0.489 e. The van der Waals surface area contributed by atoms with Crippen molar-refractivity contribution in [3.05, 3.63) is 40.4 Å². The number of nitrogen functional groups attached to an aromatic ring is 1. The molecular weight excluding hydrogens is 620 g/mol. The summed E-state index contributed by atoms with van der Waals surface area (Å²) in [6, 6.07) is 4.22. The summed E-state index contributed by atoms with van der Waals surface area (Å²) in [5, 5.41) is 30.6. The van der Waals surface area contributed by atoms with Gasteiger partial charge < -0.3 is 36.4 Å². The highest BCUT2D eigenvalue weighted by atomic mass is 32.2. The number of amides is 2. The number of rotatable bonds is 12. The Morgan fingerprint density at radius 1 is 1.27 bits per heavy atom. The van der Waals surface area contributed by atoms with Crippen LogP contribution in [0.3, 0.4) is 0 Å². The minimum atomic E-state index is -4.83. The molecule has 1 unspecified atom stereocenters. The summed E-state index contributed by atoms with van der Waals surface area (Å²) in [5.41, 5.74) is 5.81. The SMILES string of the molecule is Cc1sc(N)nc1C(=NOC(COc1ccc(C(=N)NC2CCNCC2)cc1)C(=O)O)C(=O)N[C@@H]1C(=O)N(S(=O)(=O)O)[C@H]1C. The molecule has 2 aliphatic heterocycles. The van der Waals surface area contributed by atoms with E-state index in [4.69, 9.17) is 20.7 Å². The van der Waals surface area contributed by atoms with E-state index in [1.165, 1.54) is 6.92 Å². The quantitative estimate of drug-likeness (QED) is 0.0501. The lowest BCUT2D eigenvalue weighted by Gasteiger charge is -2.42. The molecule has 2 fully saturated rings. The van der Waals surface area contributed by atoms with Gasteiger partial charge in [0.1, 0.15) is 29.9 Å². The van der Waals surface area contributed by atoms with Crippen molar-refractivity contribution in [2.24, 2.45) is 5.16 Å². The Hall–Kier alpha value is -4.33. The van der Waals surface area contributed by atoms with Gasteiger partial charge in [0.05, 0.1) is 6.04 Å². The summed E-state index contributed by atoms with van der Waals surface area (Å²) in [4.78, 5) is 47.0. The number of nitrogens with one attached hydrogen (secondary N) is 4. The summed E-state index contributed by atoms with van der Waals surface area (Å²) < 4.78 is 37.8. The zero-order valence-corrected chi connectivity index (χ0v) is 25.3. The first kappa shape index (κ1) is 32.6. The van der Waals surface area contributed by atoms with Gasteiger partial charge in [-0.2, -0.15) is 8.42 Å². The van der Waals surface area contributed by atoms with Gasteiger partial charge in [-0.05, 0) is 64.0 Å².